The molecule has 11 unspecified atom stereocenters. The normalized spacial score (nSPS) is 47.2. The first-order chi connectivity index (χ1) is 20.8. The number of furan rings is 1. The molecule has 3 aliphatic heterocycles. The molecule has 1 aromatic rings. The number of rotatable bonds is 5. The molecule has 2 aliphatic carbocycles. The first kappa shape index (κ1) is 31.4. The quantitative estimate of drug-likeness (QED) is 0.202. The highest BCUT2D eigenvalue weighted by Gasteiger charge is 3.01. The fraction of sp³-hybridized carbons (Fsp3) is 0.645. The lowest BCUT2D eigenvalue weighted by molar-refractivity contribution is -0.356. The fourth-order valence-electron chi connectivity index (χ4n) is 9.52. The number of epoxide rings is 1. The number of carbonyl (C=O) groups excluding carboxylic acids is 5. The van der Waals surface area contributed by atoms with Crippen LogP contribution in [0.2, 0.25) is 0 Å². The molecule has 1 spiro atoms. The maximum atomic E-state index is 14.3. The van der Waals surface area contributed by atoms with Gasteiger partial charge in [0.2, 0.25) is 11.6 Å². The zero-order valence-electron chi connectivity index (χ0n) is 26.1. The van der Waals surface area contributed by atoms with Gasteiger partial charge in [-0.3, -0.25) is 14.4 Å². The van der Waals surface area contributed by atoms with Crippen molar-refractivity contribution in [1.82, 2.24) is 0 Å². The minimum atomic E-state index is -2.85. The number of ether oxygens (including phenoxy) is 6. The van der Waals surface area contributed by atoms with Crippen molar-refractivity contribution in [3.05, 3.63) is 36.3 Å². The molecule has 0 radical (unpaired) electrons. The lowest BCUT2D eigenvalue weighted by Crippen LogP contribution is -2.77. The van der Waals surface area contributed by atoms with Gasteiger partial charge >= 0.3 is 23.9 Å². The monoisotopic (exact) mass is 632 g/mol. The van der Waals surface area contributed by atoms with Gasteiger partial charge in [0.1, 0.15) is 23.4 Å². The summed E-state index contributed by atoms with van der Waals surface area (Å²) in [5.74, 6) is -8.53. The Kier molecular flexibility index (Phi) is 6.29. The highest BCUT2D eigenvalue weighted by Crippen LogP contribution is 2.85. The number of hydrogen-bond acceptors (Lipinski definition) is 14. The van der Waals surface area contributed by atoms with Gasteiger partial charge in [-0.25, -0.2) is 9.59 Å². The molecule has 0 aromatic carbocycles. The van der Waals surface area contributed by atoms with Crippen LogP contribution in [0.4, 0.5) is 0 Å². The Balaban J connectivity index is 1.76. The molecule has 2 saturated carbocycles. The topological polar surface area (TPSA) is 198 Å². The molecule has 1 aromatic heterocycles. The largest absolute Gasteiger partial charge is 0.472 e. The van der Waals surface area contributed by atoms with Crippen LogP contribution in [0.3, 0.4) is 0 Å². The van der Waals surface area contributed by atoms with E-state index < -0.39 is 98.8 Å². The average molecular weight is 633 g/mol. The maximum absolute atomic E-state index is 14.3. The van der Waals surface area contributed by atoms with Crippen LogP contribution < -0.4 is 0 Å². The summed E-state index contributed by atoms with van der Waals surface area (Å²) < 4.78 is 40.4. The van der Waals surface area contributed by atoms with Gasteiger partial charge in [0, 0.05) is 36.8 Å². The number of Topliss-reactive ketones (excluding diaryl/α,β-unsaturated/α-hetero) is 1. The van der Waals surface area contributed by atoms with Crippen LogP contribution in [0.5, 0.6) is 0 Å². The molecule has 0 amide bonds. The van der Waals surface area contributed by atoms with Crippen molar-refractivity contribution >= 4 is 29.7 Å². The predicted octanol–water partition coefficient (Wildman–Crippen LogP) is 1.07. The summed E-state index contributed by atoms with van der Waals surface area (Å²) in [6, 6.07) is 1.53. The zero-order valence-corrected chi connectivity index (χ0v) is 26.1. The summed E-state index contributed by atoms with van der Waals surface area (Å²) in [4.78, 5) is 66.0. The molecule has 5 fully saturated rings. The fourth-order valence-corrected chi connectivity index (χ4v) is 9.52. The van der Waals surface area contributed by atoms with E-state index in [0.717, 1.165) is 27.0 Å². The second-order valence-corrected chi connectivity index (χ2v) is 13.6. The smallest absolute Gasteiger partial charge is 0.339 e. The minimum Gasteiger partial charge on any atom is -0.472 e. The van der Waals surface area contributed by atoms with Gasteiger partial charge in [0.15, 0.2) is 17.8 Å². The molecule has 3 saturated heterocycles. The molecule has 4 heterocycles. The van der Waals surface area contributed by atoms with Gasteiger partial charge in [0.05, 0.1) is 30.5 Å². The second kappa shape index (κ2) is 9.02. The van der Waals surface area contributed by atoms with Crippen molar-refractivity contribution in [3.63, 3.8) is 0 Å². The Morgan fingerprint density at radius 1 is 0.978 bits per heavy atom. The molecular formula is C31H36O14. The molecule has 14 nitrogen and oxygen atoms in total. The predicted molar refractivity (Wildman–Crippen MR) is 145 cm³/mol. The summed E-state index contributed by atoms with van der Waals surface area (Å²) in [6.45, 7) is 9.44. The zero-order chi connectivity index (χ0) is 33.3. The summed E-state index contributed by atoms with van der Waals surface area (Å²) in [5.41, 5.74) is -11.9. The number of fused-ring (bicyclic) bond motifs is 3. The van der Waals surface area contributed by atoms with Crippen molar-refractivity contribution in [1.29, 1.82) is 0 Å². The van der Waals surface area contributed by atoms with Gasteiger partial charge in [-0.15, -0.1) is 0 Å². The van der Waals surface area contributed by atoms with Crippen LogP contribution >= 0.6 is 0 Å². The Morgan fingerprint density at radius 2 is 1.62 bits per heavy atom. The van der Waals surface area contributed by atoms with Crippen LogP contribution in [0.15, 0.2) is 35.2 Å². The van der Waals surface area contributed by atoms with Crippen LogP contribution in [-0.2, 0) is 52.4 Å². The maximum Gasteiger partial charge on any atom is 0.339 e. The molecule has 45 heavy (non-hydrogen) atoms. The third kappa shape index (κ3) is 3.25. The van der Waals surface area contributed by atoms with Crippen molar-refractivity contribution in [2.45, 2.75) is 95.5 Å². The lowest BCUT2D eigenvalue weighted by atomic mass is 9.43. The van der Waals surface area contributed by atoms with E-state index in [4.69, 9.17) is 32.8 Å². The third-order valence-corrected chi connectivity index (χ3v) is 11.1. The van der Waals surface area contributed by atoms with Crippen LogP contribution in [-0.4, -0.2) is 87.9 Å². The van der Waals surface area contributed by atoms with E-state index in [-0.39, 0.29) is 0 Å². The summed E-state index contributed by atoms with van der Waals surface area (Å²) >= 11 is 0. The third-order valence-electron chi connectivity index (χ3n) is 11.1. The van der Waals surface area contributed by atoms with Crippen LogP contribution in [0.25, 0.3) is 0 Å². The lowest BCUT2D eigenvalue weighted by Gasteiger charge is -2.63. The molecule has 2 N–H and O–H groups in total. The molecule has 244 valence electrons. The number of ketones is 1. The molecule has 0 bridgehead atoms. The van der Waals surface area contributed by atoms with Crippen LogP contribution in [0, 0.1) is 22.2 Å². The van der Waals surface area contributed by atoms with Gasteiger partial charge < -0.3 is 43.1 Å². The van der Waals surface area contributed by atoms with Gasteiger partial charge in [0.25, 0.3) is 0 Å². The highest BCUT2D eigenvalue weighted by atomic mass is 16.7. The Morgan fingerprint density at radius 3 is 2.18 bits per heavy atom. The molecule has 5 aliphatic rings. The Hall–Kier alpha value is -3.59. The number of esters is 4. The SMILES string of the molecule is COC(=O)C=CC1(C)C2C(OC(C)=O)C(OC(C)=O)C3(C)C(c4ccoc4)OC(=O)C4OC43C2(C)C2(O)OC(C)(C)C(=O)C12O. The number of carbonyl (C=O) groups is 5. The summed E-state index contributed by atoms with van der Waals surface area (Å²) in [5, 5.41) is 25.7. The molecular weight excluding hydrogens is 596 g/mol. The van der Waals surface area contributed by atoms with Crippen molar-refractivity contribution < 1.29 is 67.0 Å². The molecule has 11 atom stereocenters. The van der Waals surface area contributed by atoms with E-state index in [1.807, 2.05) is 0 Å². The second-order valence-electron chi connectivity index (χ2n) is 13.6. The standard InChI is InChI=1S/C31H36O14/c1-14(32)41-18-19-26(5,11-9-17(34)39-8)29(37)24(36)25(3,4)45-31(29,38)28(19,7)30-22(44-30)23(35)43-20(16-10-12-40-13-16)27(30,6)21(18)42-15(2)33/h9-13,18-22,37-38H,1-8H3. The Bertz CT molecular complexity index is 1550. The van der Waals surface area contributed by atoms with Gasteiger partial charge in [-0.05, 0) is 26.8 Å². The van der Waals surface area contributed by atoms with Crippen molar-refractivity contribution in [3.8, 4) is 0 Å². The number of aliphatic hydroxyl groups is 2. The first-order valence-electron chi connectivity index (χ1n) is 14.5. The van der Waals surface area contributed by atoms with E-state index in [1.165, 1.54) is 52.4 Å². The Labute approximate surface area is 257 Å². The van der Waals surface area contributed by atoms with Crippen LogP contribution in [0.1, 0.15) is 60.1 Å². The van der Waals surface area contributed by atoms with Crippen molar-refractivity contribution in [2.75, 3.05) is 7.11 Å². The molecule has 14 heteroatoms. The summed E-state index contributed by atoms with van der Waals surface area (Å²) in [7, 11) is 1.13. The number of methoxy groups -OCH3 is 1. The van der Waals surface area contributed by atoms with Crippen molar-refractivity contribution in [2.24, 2.45) is 22.2 Å². The summed E-state index contributed by atoms with van der Waals surface area (Å²) in [6.07, 6.45) is -0.887. The van der Waals surface area contributed by atoms with Gasteiger partial charge in [-0.2, -0.15) is 0 Å². The molecule has 6 rings (SSSR count). The average Bonchev–Trinajstić information content (AvgIpc) is 3.44. The number of hydrogen-bond donors (Lipinski definition) is 2. The first-order valence-corrected chi connectivity index (χ1v) is 14.5. The van der Waals surface area contributed by atoms with Gasteiger partial charge in [-0.1, -0.05) is 19.9 Å². The number of cyclic esters (lactones) is 1. The van der Waals surface area contributed by atoms with E-state index in [1.54, 1.807) is 6.92 Å². The minimum absolute atomic E-state index is 0.331. The van der Waals surface area contributed by atoms with E-state index in [9.17, 15) is 34.2 Å². The van der Waals surface area contributed by atoms with E-state index >= 15 is 0 Å². The van der Waals surface area contributed by atoms with E-state index in [2.05, 4.69) is 0 Å². The highest BCUT2D eigenvalue weighted by molar-refractivity contribution is 6.00. The van der Waals surface area contributed by atoms with E-state index in [0.29, 0.717) is 5.56 Å².